The van der Waals surface area contributed by atoms with Gasteiger partial charge in [-0.3, -0.25) is 5.41 Å². The zero-order valence-corrected chi connectivity index (χ0v) is 10.2. The molecule has 0 atom stereocenters. The molecule has 3 N–H and O–H groups in total. The Balaban J connectivity index is 2.19. The average Bonchev–Trinajstić information content (AvgIpc) is 3.03. The highest BCUT2D eigenvalue weighted by Crippen LogP contribution is 2.32. The second kappa shape index (κ2) is 4.41. The van der Waals surface area contributed by atoms with E-state index in [0.29, 0.717) is 18.1 Å². The van der Waals surface area contributed by atoms with Crippen molar-refractivity contribution in [1.82, 2.24) is 0 Å². The molecule has 2 rings (SSSR count). The molecule has 16 heavy (non-hydrogen) atoms. The smallest absolute Gasteiger partial charge is 0.179 e. The molecule has 1 fully saturated rings. The van der Waals surface area contributed by atoms with E-state index in [0.717, 1.165) is 12.8 Å². The van der Waals surface area contributed by atoms with Crippen molar-refractivity contribution in [2.24, 2.45) is 11.7 Å². The van der Waals surface area contributed by atoms with Gasteiger partial charge in [0.15, 0.2) is 11.6 Å². The van der Waals surface area contributed by atoms with Crippen LogP contribution in [0, 0.1) is 17.1 Å². The van der Waals surface area contributed by atoms with Crippen molar-refractivity contribution in [3.05, 3.63) is 28.0 Å². The fourth-order valence-electron chi connectivity index (χ4n) is 1.34. The molecule has 1 saturated carbocycles. The van der Waals surface area contributed by atoms with Gasteiger partial charge in [0.2, 0.25) is 0 Å². The molecule has 1 aromatic carbocycles. The Hall–Kier alpha value is -1.10. The van der Waals surface area contributed by atoms with E-state index < -0.39 is 5.82 Å². The molecule has 0 amide bonds. The topological polar surface area (TPSA) is 59.1 Å². The second-order valence-electron chi connectivity index (χ2n) is 3.91. The number of nitrogens with two attached hydrogens (primary N) is 1. The first kappa shape index (κ1) is 11.4. The lowest BCUT2D eigenvalue weighted by Gasteiger charge is -2.10. The van der Waals surface area contributed by atoms with Crippen LogP contribution >= 0.6 is 15.9 Å². The summed E-state index contributed by atoms with van der Waals surface area (Å²) in [6.45, 7) is 0.558. The van der Waals surface area contributed by atoms with Crippen LogP contribution in [0.4, 0.5) is 4.39 Å². The fourth-order valence-corrected chi connectivity index (χ4v) is 1.88. The van der Waals surface area contributed by atoms with Crippen molar-refractivity contribution in [1.29, 1.82) is 5.41 Å². The number of ether oxygens (including phenoxy) is 1. The number of benzene rings is 1. The Bertz CT molecular complexity index is 432. The van der Waals surface area contributed by atoms with Gasteiger partial charge in [0, 0.05) is 5.56 Å². The Morgan fingerprint density at radius 2 is 2.25 bits per heavy atom. The molecular formula is C11H12BrFN2O. The van der Waals surface area contributed by atoms with E-state index in [1.54, 1.807) is 6.07 Å². The minimum Gasteiger partial charge on any atom is -0.490 e. The number of hydrogen-bond acceptors (Lipinski definition) is 2. The van der Waals surface area contributed by atoms with E-state index in [9.17, 15) is 4.39 Å². The van der Waals surface area contributed by atoms with Crippen LogP contribution in [0.2, 0.25) is 0 Å². The van der Waals surface area contributed by atoms with Crippen LogP contribution in [0.15, 0.2) is 16.6 Å². The summed E-state index contributed by atoms with van der Waals surface area (Å²) in [6.07, 6.45) is 2.32. The molecule has 0 saturated heterocycles. The predicted molar refractivity (Wildman–Crippen MR) is 63.3 cm³/mol. The molecule has 1 aliphatic rings. The molecule has 5 heteroatoms. The van der Waals surface area contributed by atoms with E-state index >= 15 is 0 Å². The molecule has 0 radical (unpaired) electrons. The van der Waals surface area contributed by atoms with Crippen LogP contribution in [-0.4, -0.2) is 12.4 Å². The van der Waals surface area contributed by atoms with Gasteiger partial charge in [0.05, 0.1) is 11.1 Å². The van der Waals surface area contributed by atoms with Gasteiger partial charge < -0.3 is 10.5 Å². The molecule has 0 aliphatic heterocycles. The minimum atomic E-state index is -0.492. The number of nitrogen functional groups attached to an aromatic ring is 1. The van der Waals surface area contributed by atoms with Gasteiger partial charge in [0.25, 0.3) is 0 Å². The largest absolute Gasteiger partial charge is 0.490 e. The summed E-state index contributed by atoms with van der Waals surface area (Å²) in [6, 6.07) is 3.09. The average molecular weight is 287 g/mol. The van der Waals surface area contributed by atoms with Gasteiger partial charge in [-0.2, -0.15) is 0 Å². The maximum atomic E-state index is 13.8. The molecule has 0 heterocycles. The van der Waals surface area contributed by atoms with E-state index in [1.165, 1.54) is 6.07 Å². The van der Waals surface area contributed by atoms with Crippen LogP contribution in [0.25, 0.3) is 0 Å². The van der Waals surface area contributed by atoms with Crippen LogP contribution in [0.5, 0.6) is 5.75 Å². The van der Waals surface area contributed by atoms with Crippen molar-refractivity contribution >= 4 is 21.8 Å². The van der Waals surface area contributed by atoms with Gasteiger partial charge in [-0.1, -0.05) is 0 Å². The van der Waals surface area contributed by atoms with Crippen LogP contribution in [0.3, 0.4) is 0 Å². The van der Waals surface area contributed by atoms with E-state index in [-0.39, 0.29) is 16.1 Å². The molecule has 0 aromatic heterocycles. The van der Waals surface area contributed by atoms with Crippen molar-refractivity contribution in [3.8, 4) is 5.75 Å². The minimum absolute atomic E-state index is 0.167. The number of amidine groups is 1. The first-order valence-corrected chi connectivity index (χ1v) is 5.84. The zero-order chi connectivity index (χ0) is 11.7. The summed E-state index contributed by atoms with van der Waals surface area (Å²) < 4.78 is 19.3. The van der Waals surface area contributed by atoms with Gasteiger partial charge >= 0.3 is 0 Å². The van der Waals surface area contributed by atoms with E-state index in [1.807, 2.05) is 0 Å². The quantitative estimate of drug-likeness (QED) is 0.660. The monoisotopic (exact) mass is 286 g/mol. The summed E-state index contributed by atoms with van der Waals surface area (Å²) >= 11 is 3.08. The Morgan fingerprint density at radius 1 is 1.56 bits per heavy atom. The van der Waals surface area contributed by atoms with E-state index in [2.05, 4.69) is 15.9 Å². The molecule has 0 bridgehead atoms. The van der Waals surface area contributed by atoms with Crippen molar-refractivity contribution in [3.63, 3.8) is 0 Å². The summed E-state index contributed by atoms with van der Waals surface area (Å²) in [4.78, 5) is 0. The SMILES string of the molecule is N=C(N)c1ccc(OCC2CC2)c(F)c1Br. The fraction of sp³-hybridized carbons (Fsp3) is 0.364. The van der Waals surface area contributed by atoms with E-state index in [4.69, 9.17) is 15.9 Å². The molecular weight excluding hydrogens is 275 g/mol. The van der Waals surface area contributed by atoms with Gasteiger partial charge in [-0.25, -0.2) is 4.39 Å². The number of nitrogens with one attached hydrogen (secondary N) is 1. The lowest BCUT2D eigenvalue weighted by Crippen LogP contribution is -2.13. The van der Waals surface area contributed by atoms with Gasteiger partial charge in [-0.15, -0.1) is 0 Å². The van der Waals surface area contributed by atoms with Crippen molar-refractivity contribution in [2.45, 2.75) is 12.8 Å². The van der Waals surface area contributed by atoms with Crippen LogP contribution < -0.4 is 10.5 Å². The molecule has 1 aliphatic carbocycles. The normalized spacial score (nSPS) is 14.9. The van der Waals surface area contributed by atoms with Crippen LogP contribution in [-0.2, 0) is 0 Å². The molecule has 0 spiro atoms. The predicted octanol–water partition coefficient (Wildman–Crippen LogP) is 2.66. The summed E-state index contributed by atoms with van der Waals surface area (Å²) in [5.74, 6) is 0.127. The molecule has 1 aromatic rings. The Morgan fingerprint density at radius 3 is 2.81 bits per heavy atom. The lowest BCUT2D eigenvalue weighted by molar-refractivity contribution is 0.284. The number of halogens is 2. The first-order valence-electron chi connectivity index (χ1n) is 5.04. The first-order chi connectivity index (χ1) is 7.59. The summed E-state index contributed by atoms with van der Waals surface area (Å²) in [5.41, 5.74) is 5.66. The number of hydrogen-bond donors (Lipinski definition) is 2. The molecule has 86 valence electrons. The summed E-state index contributed by atoms with van der Waals surface area (Å²) in [7, 11) is 0. The highest BCUT2D eigenvalue weighted by molar-refractivity contribution is 9.10. The van der Waals surface area contributed by atoms with Crippen molar-refractivity contribution < 1.29 is 9.13 Å². The maximum Gasteiger partial charge on any atom is 0.179 e. The second-order valence-corrected chi connectivity index (χ2v) is 4.70. The van der Waals surface area contributed by atoms with Gasteiger partial charge in [0.1, 0.15) is 5.84 Å². The standard InChI is InChI=1S/C11H12BrFN2O/c12-9-7(11(14)15)3-4-8(10(9)13)16-5-6-1-2-6/h3-4,6H,1-2,5H2,(H3,14,15). The third-order valence-corrected chi connectivity index (χ3v) is 3.28. The third-order valence-electron chi connectivity index (χ3n) is 2.51. The highest BCUT2D eigenvalue weighted by atomic mass is 79.9. The lowest BCUT2D eigenvalue weighted by atomic mass is 10.2. The highest BCUT2D eigenvalue weighted by Gasteiger charge is 2.23. The Labute approximate surface area is 101 Å². The Kier molecular flexibility index (Phi) is 3.14. The molecule has 0 unspecified atom stereocenters. The maximum absolute atomic E-state index is 13.8. The summed E-state index contributed by atoms with van der Waals surface area (Å²) in [5, 5.41) is 7.26. The van der Waals surface area contributed by atoms with Gasteiger partial charge in [-0.05, 0) is 46.8 Å². The van der Waals surface area contributed by atoms with Crippen molar-refractivity contribution in [2.75, 3.05) is 6.61 Å². The molecule has 3 nitrogen and oxygen atoms in total. The van der Waals surface area contributed by atoms with Crippen LogP contribution in [0.1, 0.15) is 18.4 Å². The number of rotatable bonds is 4. The third kappa shape index (κ3) is 2.35. The zero-order valence-electron chi connectivity index (χ0n) is 8.59.